The average Bonchev–Trinajstić information content (AvgIpc) is 2.69. The molecular weight excluding hydrogens is 386 g/mol. The van der Waals surface area contributed by atoms with E-state index in [0.29, 0.717) is 12.0 Å². The maximum absolute atomic E-state index is 13.0. The third kappa shape index (κ3) is 4.90. The SMILES string of the molecule is C=CC[C@@H]1[C@H](C(C)(C)OC(=O)OCc2ccccc2)C(=O)N1C(C(=O)OC)=C(C)C. The fourth-order valence-corrected chi connectivity index (χ4v) is 3.66. The van der Waals surface area contributed by atoms with E-state index in [1.54, 1.807) is 33.8 Å². The molecule has 30 heavy (non-hydrogen) atoms. The minimum atomic E-state index is -1.14. The molecule has 0 unspecified atom stereocenters. The van der Waals surface area contributed by atoms with Gasteiger partial charge in [0.25, 0.3) is 0 Å². The second-order valence-corrected chi connectivity index (χ2v) is 7.85. The molecule has 0 N–H and O–H groups in total. The van der Waals surface area contributed by atoms with Crippen LogP contribution < -0.4 is 0 Å². The van der Waals surface area contributed by atoms with E-state index in [1.165, 1.54) is 12.0 Å². The van der Waals surface area contributed by atoms with Crippen molar-refractivity contribution in [3.63, 3.8) is 0 Å². The van der Waals surface area contributed by atoms with E-state index < -0.39 is 29.7 Å². The molecule has 0 bridgehead atoms. The summed E-state index contributed by atoms with van der Waals surface area (Å²) in [5.74, 6) is -1.56. The lowest BCUT2D eigenvalue weighted by atomic mass is 9.74. The first-order valence-electron chi connectivity index (χ1n) is 9.73. The maximum atomic E-state index is 13.0. The highest BCUT2D eigenvalue weighted by atomic mass is 16.7. The molecule has 1 fully saturated rings. The molecular formula is C23H29NO6. The van der Waals surface area contributed by atoms with E-state index in [2.05, 4.69) is 6.58 Å². The number of benzene rings is 1. The van der Waals surface area contributed by atoms with E-state index in [-0.39, 0.29) is 18.2 Å². The van der Waals surface area contributed by atoms with Gasteiger partial charge in [-0.05, 0) is 45.3 Å². The van der Waals surface area contributed by atoms with Crippen molar-refractivity contribution in [1.82, 2.24) is 4.90 Å². The first-order chi connectivity index (χ1) is 14.1. The molecule has 0 spiro atoms. The van der Waals surface area contributed by atoms with Crippen molar-refractivity contribution in [2.24, 2.45) is 5.92 Å². The molecule has 1 aromatic rings. The molecule has 0 radical (unpaired) electrons. The number of hydrogen-bond acceptors (Lipinski definition) is 6. The van der Waals surface area contributed by atoms with Crippen LogP contribution in [0.3, 0.4) is 0 Å². The van der Waals surface area contributed by atoms with Crippen molar-refractivity contribution in [3.05, 3.63) is 59.8 Å². The molecule has 7 heteroatoms. The third-order valence-corrected chi connectivity index (χ3v) is 5.02. The zero-order valence-corrected chi connectivity index (χ0v) is 18.1. The second-order valence-electron chi connectivity index (χ2n) is 7.85. The van der Waals surface area contributed by atoms with Crippen LogP contribution in [0.2, 0.25) is 0 Å². The van der Waals surface area contributed by atoms with Gasteiger partial charge < -0.3 is 19.1 Å². The molecule has 0 aromatic heterocycles. The number of carbonyl (C=O) groups is 3. The minimum Gasteiger partial charge on any atom is -0.464 e. The first-order valence-corrected chi connectivity index (χ1v) is 9.73. The molecule has 1 saturated heterocycles. The Morgan fingerprint density at radius 1 is 1.20 bits per heavy atom. The van der Waals surface area contributed by atoms with Gasteiger partial charge >= 0.3 is 12.1 Å². The maximum Gasteiger partial charge on any atom is 0.509 e. The largest absolute Gasteiger partial charge is 0.509 e. The number of esters is 1. The summed E-state index contributed by atoms with van der Waals surface area (Å²) in [7, 11) is 1.27. The molecule has 2 atom stereocenters. The highest BCUT2D eigenvalue weighted by Crippen LogP contribution is 2.42. The van der Waals surface area contributed by atoms with Crippen LogP contribution in [-0.2, 0) is 30.4 Å². The number of rotatable bonds is 8. The van der Waals surface area contributed by atoms with Crippen molar-refractivity contribution in [1.29, 1.82) is 0 Å². The van der Waals surface area contributed by atoms with Gasteiger partial charge in [-0.15, -0.1) is 6.58 Å². The standard InChI is InChI=1S/C23H29NO6/c1-7-11-17-18(20(25)24(17)19(15(2)3)21(26)28-6)23(4,5)30-22(27)29-14-16-12-9-8-10-13-16/h7-10,12-13,17-18H,1,11,14H2,2-6H3/t17-,18+/m1/s1. The van der Waals surface area contributed by atoms with Crippen molar-refractivity contribution >= 4 is 18.0 Å². The van der Waals surface area contributed by atoms with Gasteiger partial charge in [-0.3, -0.25) is 4.79 Å². The van der Waals surface area contributed by atoms with Crippen LogP contribution in [-0.4, -0.2) is 41.7 Å². The zero-order valence-electron chi connectivity index (χ0n) is 18.1. The molecule has 0 aliphatic carbocycles. The highest BCUT2D eigenvalue weighted by Gasteiger charge is 2.58. The van der Waals surface area contributed by atoms with Gasteiger partial charge in [-0.2, -0.15) is 0 Å². The van der Waals surface area contributed by atoms with E-state index >= 15 is 0 Å². The third-order valence-electron chi connectivity index (χ3n) is 5.02. The lowest BCUT2D eigenvalue weighted by Crippen LogP contribution is -2.68. The van der Waals surface area contributed by atoms with Gasteiger partial charge in [0.05, 0.1) is 19.1 Å². The number of likely N-dealkylation sites (tertiary alicyclic amines) is 1. The van der Waals surface area contributed by atoms with Crippen LogP contribution in [0, 0.1) is 5.92 Å². The van der Waals surface area contributed by atoms with Crippen LogP contribution in [0.25, 0.3) is 0 Å². The fraction of sp³-hybridized carbons (Fsp3) is 0.435. The van der Waals surface area contributed by atoms with Crippen molar-refractivity contribution in [2.75, 3.05) is 7.11 Å². The van der Waals surface area contributed by atoms with Crippen LogP contribution in [0.15, 0.2) is 54.3 Å². The lowest BCUT2D eigenvalue weighted by molar-refractivity contribution is -0.174. The van der Waals surface area contributed by atoms with Gasteiger partial charge in [-0.25, -0.2) is 9.59 Å². The van der Waals surface area contributed by atoms with Gasteiger partial charge in [0.15, 0.2) is 0 Å². The topological polar surface area (TPSA) is 82.1 Å². The number of amides is 1. The summed E-state index contributed by atoms with van der Waals surface area (Å²) in [6.07, 6.45) is 1.24. The Labute approximate surface area is 177 Å². The smallest absolute Gasteiger partial charge is 0.464 e. The Balaban J connectivity index is 2.14. The number of hydrogen-bond donors (Lipinski definition) is 0. The molecule has 7 nitrogen and oxygen atoms in total. The number of ether oxygens (including phenoxy) is 3. The molecule has 162 valence electrons. The van der Waals surface area contributed by atoms with Crippen molar-refractivity contribution < 1.29 is 28.6 Å². The van der Waals surface area contributed by atoms with E-state index in [0.717, 1.165) is 5.56 Å². The van der Waals surface area contributed by atoms with Crippen LogP contribution in [0.5, 0.6) is 0 Å². The van der Waals surface area contributed by atoms with E-state index in [9.17, 15) is 14.4 Å². The summed E-state index contributed by atoms with van der Waals surface area (Å²) in [5.41, 5.74) is 0.545. The Bertz CT molecular complexity index is 839. The quantitative estimate of drug-likeness (QED) is 0.276. The zero-order chi connectivity index (χ0) is 22.5. The summed E-state index contributed by atoms with van der Waals surface area (Å²) < 4.78 is 15.5. The summed E-state index contributed by atoms with van der Waals surface area (Å²) >= 11 is 0. The van der Waals surface area contributed by atoms with Gasteiger partial charge in [0.2, 0.25) is 5.91 Å². The predicted molar refractivity (Wildman–Crippen MR) is 111 cm³/mol. The summed E-state index contributed by atoms with van der Waals surface area (Å²) in [6, 6.07) is 8.83. The summed E-state index contributed by atoms with van der Waals surface area (Å²) in [5, 5.41) is 0. The Morgan fingerprint density at radius 2 is 1.83 bits per heavy atom. The second kappa shape index (κ2) is 9.61. The molecule has 2 rings (SSSR count). The Morgan fingerprint density at radius 3 is 2.37 bits per heavy atom. The highest BCUT2D eigenvalue weighted by molar-refractivity contribution is 5.99. The number of methoxy groups -OCH3 is 1. The fourth-order valence-electron chi connectivity index (χ4n) is 3.66. The predicted octanol–water partition coefficient (Wildman–Crippen LogP) is 3.99. The summed E-state index contributed by atoms with van der Waals surface area (Å²) in [4.78, 5) is 38.9. The van der Waals surface area contributed by atoms with Crippen LogP contribution in [0.4, 0.5) is 4.79 Å². The first kappa shape index (κ1) is 23.2. The molecule has 1 aromatic carbocycles. The van der Waals surface area contributed by atoms with Crippen molar-refractivity contribution in [2.45, 2.75) is 52.4 Å². The van der Waals surface area contributed by atoms with E-state index in [1.807, 2.05) is 30.3 Å². The molecule has 1 aliphatic heterocycles. The minimum absolute atomic E-state index is 0.0703. The van der Waals surface area contributed by atoms with Gasteiger partial charge in [0, 0.05) is 0 Å². The number of carbonyl (C=O) groups excluding carboxylic acids is 3. The van der Waals surface area contributed by atoms with Gasteiger partial charge in [0.1, 0.15) is 17.9 Å². The summed E-state index contributed by atoms with van der Waals surface area (Å²) in [6.45, 7) is 10.6. The monoisotopic (exact) mass is 415 g/mol. The molecule has 1 amide bonds. The average molecular weight is 415 g/mol. The molecule has 1 aliphatic rings. The molecule has 0 saturated carbocycles. The number of β-lactam (4-membered cyclic amide) rings is 1. The number of allylic oxidation sites excluding steroid dienone is 1. The lowest BCUT2D eigenvalue weighted by Gasteiger charge is -2.52. The normalized spacial score (nSPS) is 18.2. The van der Waals surface area contributed by atoms with Crippen LogP contribution in [0.1, 0.15) is 39.7 Å². The Kier molecular flexibility index (Phi) is 7.43. The number of nitrogens with zero attached hydrogens (tertiary/aromatic N) is 1. The molecule has 1 heterocycles. The van der Waals surface area contributed by atoms with E-state index in [4.69, 9.17) is 14.2 Å². The van der Waals surface area contributed by atoms with Crippen LogP contribution >= 0.6 is 0 Å². The Hall–Kier alpha value is -3.09. The van der Waals surface area contributed by atoms with Gasteiger partial charge in [-0.1, -0.05) is 36.4 Å². The van der Waals surface area contributed by atoms with Crippen molar-refractivity contribution in [3.8, 4) is 0 Å².